The highest BCUT2D eigenvalue weighted by atomic mass is 16.7. The Morgan fingerprint density at radius 1 is 1.17 bits per heavy atom. The average molecular weight is 410 g/mol. The van der Waals surface area contributed by atoms with E-state index in [1.54, 1.807) is 32.1 Å². The van der Waals surface area contributed by atoms with Crippen molar-refractivity contribution in [2.75, 3.05) is 6.61 Å². The molecule has 0 amide bonds. The summed E-state index contributed by atoms with van der Waals surface area (Å²) in [6, 6.07) is 4.48. The van der Waals surface area contributed by atoms with Crippen LogP contribution in [0.3, 0.4) is 0 Å². The van der Waals surface area contributed by atoms with Crippen molar-refractivity contribution in [3.63, 3.8) is 0 Å². The third-order valence-electron chi connectivity index (χ3n) is 4.66. The first-order chi connectivity index (χ1) is 13.4. The van der Waals surface area contributed by atoms with E-state index in [4.69, 9.17) is 9.47 Å². The van der Waals surface area contributed by atoms with Crippen LogP contribution >= 0.6 is 0 Å². The van der Waals surface area contributed by atoms with Gasteiger partial charge in [0.1, 0.15) is 24.4 Å². The third-order valence-corrected chi connectivity index (χ3v) is 4.66. The number of ether oxygens (including phenoxy) is 2. The van der Waals surface area contributed by atoms with Crippen molar-refractivity contribution in [1.29, 1.82) is 0 Å². The summed E-state index contributed by atoms with van der Waals surface area (Å²) in [6.07, 6.45) is -3.99. The SMILES string of the molecule is CC(C)c1cc(=O)c(O[C@@H]2O[C@H](CO)[C@@H](O)[C@H](O)[C@H]2O)ccc1/C=C/C(C)(C)O. The van der Waals surface area contributed by atoms with Gasteiger partial charge in [-0.2, -0.15) is 0 Å². The largest absolute Gasteiger partial charge is 0.458 e. The second-order valence-corrected chi connectivity index (χ2v) is 8.07. The van der Waals surface area contributed by atoms with Gasteiger partial charge in [0.15, 0.2) is 5.75 Å². The molecule has 0 aromatic heterocycles. The predicted molar refractivity (Wildman–Crippen MR) is 107 cm³/mol. The molecule has 0 bridgehead atoms. The Morgan fingerprint density at radius 2 is 1.83 bits per heavy atom. The van der Waals surface area contributed by atoms with Gasteiger partial charge in [0.25, 0.3) is 0 Å². The summed E-state index contributed by atoms with van der Waals surface area (Å²) in [5.74, 6) is -0.115. The monoisotopic (exact) mass is 410 g/mol. The smallest absolute Gasteiger partial charge is 0.229 e. The number of hydrogen-bond donors (Lipinski definition) is 5. The first-order valence-corrected chi connectivity index (χ1v) is 9.51. The molecule has 0 aliphatic carbocycles. The van der Waals surface area contributed by atoms with E-state index in [9.17, 15) is 30.3 Å². The zero-order valence-electron chi connectivity index (χ0n) is 17.0. The first kappa shape index (κ1) is 23.5. The summed E-state index contributed by atoms with van der Waals surface area (Å²) < 4.78 is 10.8. The molecule has 29 heavy (non-hydrogen) atoms. The number of hydrogen-bond acceptors (Lipinski definition) is 8. The Hall–Kier alpha value is -1.81. The Balaban J connectivity index is 2.40. The van der Waals surface area contributed by atoms with Crippen LogP contribution in [-0.2, 0) is 4.74 Å². The zero-order chi connectivity index (χ0) is 21.9. The minimum Gasteiger partial charge on any atom is -0.458 e. The fourth-order valence-electron chi connectivity index (χ4n) is 2.97. The van der Waals surface area contributed by atoms with E-state index < -0.39 is 48.3 Å². The fourth-order valence-corrected chi connectivity index (χ4v) is 2.97. The highest BCUT2D eigenvalue weighted by Gasteiger charge is 2.44. The molecule has 8 nitrogen and oxygen atoms in total. The van der Waals surface area contributed by atoms with Crippen LogP contribution in [0.15, 0.2) is 29.1 Å². The molecule has 1 saturated heterocycles. The predicted octanol–water partition coefficient (Wildman–Crippen LogP) is 0.133. The molecule has 1 fully saturated rings. The molecule has 8 heteroatoms. The van der Waals surface area contributed by atoms with Gasteiger partial charge in [-0.1, -0.05) is 32.1 Å². The van der Waals surface area contributed by atoms with Gasteiger partial charge in [0.2, 0.25) is 11.7 Å². The molecule has 1 aromatic carbocycles. The van der Waals surface area contributed by atoms with Gasteiger partial charge in [0.05, 0.1) is 12.2 Å². The van der Waals surface area contributed by atoms with E-state index in [1.807, 2.05) is 13.8 Å². The van der Waals surface area contributed by atoms with Gasteiger partial charge < -0.3 is 35.0 Å². The third kappa shape index (κ3) is 5.85. The lowest BCUT2D eigenvalue weighted by Gasteiger charge is -2.39. The number of rotatable bonds is 6. The van der Waals surface area contributed by atoms with Crippen molar-refractivity contribution in [2.45, 2.75) is 69.9 Å². The summed E-state index contributed by atoms with van der Waals surface area (Å²) in [5, 5.41) is 49.1. The molecule has 1 heterocycles. The molecule has 0 unspecified atom stereocenters. The summed E-state index contributed by atoms with van der Waals surface area (Å²) in [5.41, 5.74) is -0.0471. The lowest BCUT2D eigenvalue weighted by Crippen LogP contribution is -2.60. The minimum absolute atomic E-state index is 0.0108. The molecule has 1 aliphatic heterocycles. The fraction of sp³-hybridized carbons (Fsp3) is 0.571. The zero-order valence-corrected chi connectivity index (χ0v) is 17.0. The Morgan fingerprint density at radius 3 is 2.38 bits per heavy atom. The highest BCUT2D eigenvalue weighted by molar-refractivity contribution is 5.56. The molecule has 162 valence electrons. The maximum Gasteiger partial charge on any atom is 0.229 e. The maximum atomic E-state index is 12.7. The highest BCUT2D eigenvalue weighted by Crippen LogP contribution is 2.25. The molecule has 5 N–H and O–H groups in total. The van der Waals surface area contributed by atoms with E-state index in [0.717, 1.165) is 5.56 Å². The van der Waals surface area contributed by atoms with Crippen LogP contribution in [0.25, 0.3) is 6.08 Å². The second kappa shape index (κ2) is 9.34. The second-order valence-electron chi connectivity index (χ2n) is 8.07. The number of aliphatic hydroxyl groups is 5. The Labute approximate surface area is 169 Å². The van der Waals surface area contributed by atoms with E-state index in [-0.39, 0.29) is 11.7 Å². The lowest BCUT2D eigenvalue weighted by molar-refractivity contribution is -0.277. The minimum atomic E-state index is -1.61. The lowest BCUT2D eigenvalue weighted by atomic mass is 9.98. The van der Waals surface area contributed by atoms with E-state index >= 15 is 0 Å². The maximum absolute atomic E-state index is 12.7. The van der Waals surface area contributed by atoms with Crippen molar-refractivity contribution < 1.29 is 35.0 Å². The van der Waals surface area contributed by atoms with Crippen LogP contribution in [0.5, 0.6) is 5.75 Å². The molecule has 0 spiro atoms. The quantitative estimate of drug-likeness (QED) is 0.446. The molecular formula is C21H30O8. The van der Waals surface area contributed by atoms with E-state index in [2.05, 4.69) is 0 Å². The van der Waals surface area contributed by atoms with Gasteiger partial charge >= 0.3 is 0 Å². The Bertz CT molecular complexity index is 781. The van der Waals surface area contributed by atoms with Crippen molar-refractivity contribution in [1.82, 2.24) is 0 Å². The summed E-state index contributed by atoms with van der Waals surface area (Å²) in [4.78, 5) is 12.7. The first-order valence-electron chi connectivity index (χ1n) is 9.51. The van der Waals surface area contributed by atoms with Gasteiger partial charge in [0, 0.05) is 0 Å². The van der Waals surface area contributed by atoms with Crippen LogP contribution in [-0.4, -0.2) is 68.4 Å². The topological polar surface area (TPSA) is 137 Å². The van der Waals surface area contributed by atoms with Crippen molar-refractivity contribution >= 4 is 6.08 Å². The van der Waals surface area contributed by atoms with Gasteiger partial charge in [-0.25, -0.2) is 0 Å². The van der Waals surface area contributed by atoms with E-state index in [1.165, 1.54) is 12.1 Å². The van der Waals surface area contributed by atoms with Gasteiger partial charge in [-0.15, -0.1) is 0 Å². The number of aliphatic hydroxyl groups excluding tert-OH is 4. The normalized spacial score (nSPS) is 28.1. The summed E-state index contributed by atoms with van der Waals surface area (Å²) >= 11 is 0. The van der Waals surface area contributed by atoms with Crippen molar-refractivity contribution in [3.8, 4) is 5.75 Å². The van der Waals surface area contributed by atoms with E-state index in [0.29, 0.717) is 5.56 Å². The van der Waals surface area contributed by atoms with Crippen LogP contribution in [0.4, 0.5) is 0 Å². The van der Waals surface area contributed by atoms with Gasteiger partial charge in [-0.05, 0) is 43.0 Å². The average Bonchev–Trinajstić information content (AvgIpc) is 2.79. The van der Waals surface area contributed by atoms with Crippen LogP contribution < -0.4 is 10.2 Å². The molecule has 5 atom stereocenters. The van der Waals surface area contributed by atoms with Crippen LogP contribution in [0.2, 0.25) is 0 Å². The molecule has 0 saturated carbocycles. The molecule has 0 radical (unpaired) electrons. The van der Waals surface area contributed by atoms with Crippen LogP contribution in [0, 0.1) is 0 Å². The Kier molecular flexibility index (Phi) is 7.56. The molecule has 1 aliphatic rings. The van der Waals surface area contributed by atoms with Crippen molar-refractivity contribution in [3.05, 3.63) is 45.6 Å². The molecular weight excluding hydrogens is 380 g/mol. The van der Waals surface area contributed by atoms with Gasteiger partial charge in [-0.3, -0.25) is 4.79 Å². The van der Waals surface area contributed by atoms with Crippen LogP contribution in [0.1, 0.15) is 44.7 Å². The molecule has 1 aromatic rings. The summed E-state index contributed by atoms with van der Waals surface area (Å²) in [6.45, 7) is 6.52. The summed E-state index contributed by atoms with van der Waals surface area (Å²) in [7, 11) is 0. The standard InChI is InChI=1S/C21H30O8/c1-11(2)13-9-14(23)15(6-5-12(13)7-8-21(3,4)27)28-20-19(26)18(25)17(24)16(10-22)29-20/h5-9,11,16-20,22,24-27H,10H2,1-4H3/b8-7+/t16-,17-,18+,19-,20-/m1/s1. The van der Waals surface area contributed by atoms with Crippen molar-refractivity contribution in [2.24, 2.45) is 0 Å². The molecule has 2 rings (SSSR count).